The van der Waals surface area contributed by atoms with E-state index in [1.54, 1.807) is 14.2 Å². The van der Waals surface area contributed by atoms with Crippen molar-refractivity contribution < 1.29 is 9.47 Å². The Morgan fingerprint density at radius 3 is 2.40 bits per heavy atom. The topological polar surface area (TPSA) is 18.5 Å². The molecule has 1 atom stereocenters. The highest BCUT2D eigenvalue weighted by Crippen LogP contribution is 2.38. The summed E-state index contributed by atoms with van der Waals surface area (Å²) < 4.78 is 11.4. The molecule has 0 saturated carbocycles. The van der Waals surface area contributed by atoms with Crippen LogP contribution in [-0.4, -0.2) is 14.2 Å². The van der Waals surface area contributed by atoms with Crippen LogP contribution in [0.1, 0.15) is 16.5 Å². The number of rotatable bonds is 4. The van der Waals surface area contributed by atoms with Gasteiger partial charge < -0.3 is 9.47 Å². The predicted octanol–water partition coefficient (Wildman–Crippen LogP) is 5.45. The first kappa shape index (κ1) is 15.5. The van der Waals surface area contributed by atoms with Crippen molar-refractivity contribution in [2.24, 2.45) is 0 Å². The minimum absolute atomic E-state index is 0.329. The second kappa shape index (κ2) is 6.70. The van der Waals surface area contributed by atoms with Crippen LogP contribution >= 0.6 is 39.1 Å². The number of hydrogen-bond acceptors (Lipinski definition) is 2. The second-order valence-electron chi connectivity index (χ2n) is 4.14. The highest BCUT2D eigenvalue weighted by molar-refractivity contribution is 9.10. The third-order valence-electron chi connectivity index (χ3n) is 2.95. The van der Waals surface area contributed by atoms with Crippen molar-refractivity contribution in [3.63, 3.8) is 0 Å². The molecule has 2 aromatic rings. The van der Waals surface area contributed by atoms with Gasteiger partial charge in [-0.25, -0.2) is 0 Å². The van der Waals surface area contributed by atoms with Gasteiger partial charge in [-0.1, -0.05) is 17.7 Å². The summed E-state index contributed by atoms with van der Waals surface area (Å²) in [6.07, 6.45) is 0. The molecule has 0 spiro atoms. The van der Waals surface area contributed by atoms with E-state index >= 15 is 0 Å². The predicted molar refractivity (Wildman–Crippen MR) is 86.4 cm³/mol. The fourth-order valence-corrected chi connectivity index (χ4v) is 2.71. The first-order valence-electron chi connectivity index (χ1n) is 5.87. The number of hydrogen-bond donors (Lipinski definition) is 0. The van der Waals surface area contributed by atoms with Gasteiger partial charge in [0, 0.05) is 16.1 Å². The summed E-state index contributed by atoms with van der Waals surface area (Å²) in [6, 6.07) is 11.2. The molecule has 0 aliphatic heterocycles. The van der Waals surface area contributed by atoms with Gasteiger partial charge in [-0.15, -0.1) is 11.6 Å². The average molecular weight is 376 g/mol. The van der Waals surface area contributed by atoms with Crippen LogP contribution < -0.4 is 9.47 Å². The van der Waals surface area contributed by atoms with E-state index in [4.69, 9.17) is 32.7 Å². The molecule has 0 heterocycles. The zero-order valence-corrected chi connectivity index (χ0v) is 14.1. The first-order valence-corrected chi connectivity index (χ1v) is 7.48. The van der Waals surface area contributed by atoms with E-state index in [2.05, 4.69) is 15.9 Å². The maximum atomic E-state index is 6.55. The molecule has 2 rings (SSSR count). The number of halogens is 3. The molecule has 106 valence electrons. The van der Waals surface area contributed by atoms with Crippen molar-refractivity contribution in [2.45, 2.75) is 5.38 Å². The highest BCUT2D eigenvalue weighted by atomic mass is 79.9. The summed E-state index contributed by atoms with van der Waals surface area (Å²) in [5.41, 5.74) is 1.82. The molecule has 0 saturated heterocycles. The Morgan fingerprint density at radius 2 is 1.80 bits per heavy atom. The molecule has 0 fully saturated rings. The van der Waals surface area contributed by atoms with Crippen LogP contribution in [0.5, 0.6) is 11.5 Å². The third-order valence-corrected chi connectivity index (χ3v) is 4.65. The monoisotopic (exact) mass is 374 g/mol. The normalized spacial score (nSPS) is 12.1. The molecule has 0 bridgehead atoms. The molecular weight excluding hydrogens is 363 g/mol. The molecule has 2 aromatic carbocycles. The van der Waals surface area contributed by atoms with Crippen molar-refractivity contribution in [1.82, 2.24) is 0 Å². The van der Waals surface area contributed by atoms with E-state index in [1.807, 2.05) is 36.4 Å². The van der Waals surface area contributed by atoms with E-state index < -0.39 is 0 Å². The highest BCUT2D eigenvalue weighted by Gasteiger charge is 2.17. The quantitative estimate of drug-likeness (QED) is 0.661. The maximum Gasteiger partial charge on any atom is 0.127 e. The summed E-state index contributed by atoms with van der Waals surface area (Å²) in [6.45, 7) is 0. The summed E-state index contributed by atoms with van der Waals surface area (Å²) >= 11 is 16.0. The van der Waals surface area contributed by atoms with E-state index in [-0.39, 0.29) is 5.38 Å². The van der Waals surface area contributed by atoms with Crippen molar-refractivity contribution in [3.05, 3.63) is 57.0 Å². The Morgan fingerprint density at radius 1 is 1.05 bits per heavy atom. The van der Waals surface area contributed by atoms with Gasteiger partial charge in [0.2, 0.25) is 0 Å². The number of methoxy groups -OCH3 is 2. The van der Waals surface area contributed by atoms with Gasteiger partial charge in [0.25, 0.3) is 0 Å². The van der Waals surface area contributed by atoms with E-state index in [1.165, 1.54) is 0 Å². The minimum Gasteiger partial charge on any atom is -0.497 e. The molecule has 1 unspecified atom stereocenters. The molecule has 20 heavy (non-hydrogen) atoms. The largest absolute Gasteiger partial charge is 0.497 e. The van der Waals surface area contributed by atoms with Gasteiger partial charge in [0.15, 0.2) is 0 Å². The zero-order chi connectivity index (χ0) is 14.7. The van der Waals surface area contributed by atoms with Crippen LogP contribution in [-0.2, 0) is 0 Å². The van der Waals surface area contributed by atoms with Gasteiger partial charge in [-0.3, -0.25) is 0 Å². The lowest BCUT2D eigenvalue weighted by Gasteiger charge is -2.16. The van der Waals surface area contributed by atoms with Gasteiger partial charge in [-0.2, -0.15) is 0 Å². The fourth-order valence-electron chi connectivity index (χ4n) is 1.88. The second-order valence-corrected chi connectivity index (χ2v) is 5.84. The van der Waals surface area contributed by atoms with Crippen LogP contribution in [0.2, 0.25) is 5.02 Å². The Bertz CT molecular complexity index is 617. The molecule has 2 nitrogen and oxygen atoms in total. The fraction of sp³-hybridized carbons (Fsp3) is 0.200. The number of ether oxygens (including phenoxy) is 2. The zero-order valence-electron chi connectivity index (χ0n) is 11.0. The Hall–Kier alpha value is -0.900. The lowest BCUT2D eigenvalue weighted by molar-refractivity contribution is 0.391. The molecule has 0 aliphatic carbocycles. The molecule has 0 radical (unpaired) electrons. The molecule has 0 aliphatic rings. The standard InChI is InChI=1S/C15H13BrCl2O2/c1-19-10-4-5-11(14(8-10)20-2)15(18)9-3-6-13(17)12(16)7-9/h3-8,15H,1-2H3. The van der Waals surface area contributed by atoms with Crippen molar-refractivity contribution >= 4 is 39.1 Å². The molecule has 0 N–H and O–H groups in total. The SMILES string of the molecule is COc1ccc(C(Cl)c2ccc(Cl)c(Br)c2)c(OC)c1. The number of alkyl halides is 1. The molecule has 5 heteroatoms. The van der Waals surface area contributed by atoms with Crippen LogP contribution in [0.3, 0.4) is 0 Å². The van der Waals surface area contributed by atoms with Gasteiger partial charge in [0.05, 0.1) is 24.6 Å². The van der Waals surface area contributed by atoms with Crippen molar-refractivity contribution in [3.8, 4) is 11.5 Å². The summed E-state index contributed by atoms with van der Waals surface area (Å²) in [5, 5.41) is 0.323. The van der Waals surface area contributed by atoms with Gasteiger partial charge in [0.1, 0.15) is 11.5 Å². The maximum absolute atomic E-state index is 6.55. The lowest BCUT2D eigenvalue weighted by Crippen LogP contribution is -1.98. The lowest BCUT2D eigenvalue weighted by atomic mass is 10.0. The Labute approximate surface area is 136 Å². The van der Waals surface area contributed by atoms with Crippen LogP contribution in [0.15, 0.2) is 40.9 Å². The van der Waals surface area contributed by atoms with E-state index in [0.29, 0.717) is 10.8 Å². The average Bonchev–Trinajstić information content (AvgIpc) is 2.48. The molecule has 0 aromatic heterocycles. The summed E-state index contributed by atoms with van der Waals surface area (Å²) in [5.74, 6) is 1.42. The van der Waals surface area contributed by atoms with Gasteiger partial charge in [-0.05, 0) is 45.8 Å². The van der Waals surface area contributed by atoms with Crippen LogP contribution in [0.25, 0.3) is 0 Å². The smallest absolute Gasteiger partial charge is 0.127 e. The van der Waals surface area contributed by atoms with E-state index in [9.17, 15) is 0 Å². The molecule has 0 amide bonds. The van der Waals surface area contributed by atoms with Gasteiger partial charge >= 0.3 is 0 Å². The Kier molecular flexibility index (Phi) is 5.19. The van der Waals surface area contributed by atoms with Crippen LogP contribution in [0.4, 0.5) is 0 Å². The minimum atomic E-state index is -0.329. The third kappa shape index (κ3) is 3.22. The number of benzene rings is 2. The van der Waals surface area contributed by atoms with Crippen molar-refractivity contribution in [2.75, 3.05) is 14.2 Å². The summed E-state index contributed by atoms with van der Waals surface area (Å²) in [4.78, 5) is 0. The van der Waals surface area contributed by atoms with E-state index in [0.717, 1.165) is 21.3 Å². The first-order chi connectivity index (χ1) is 9.56. The Balaban J connectivity index is 2.41. The summed E-state index contributed by atoms with van der Waals surface area (Å²) in [7, 11) is 3.22. The van der Waals surface area contributed by atoms with Crippen LogP contribution in [0, 0.1) is 0 Å². The van der Waals surface area contributed by atoms with Crippen molar-refractivity contribution in [1.29, 1.82) is 0 Å². The molecular formula is C15H13BrCl2O2.